The number of aldehydes is 1. The van der Waals surface area contributed by atoms with E-state index in [1.54, 1.807) is 0 Å². The van der Waals surface area contributed by atoms with Crippen LogP contribution >= 0.6 is 0 Å². The topological polar surface area (TPSA) is 43.4 Å². The van der Waals surface area contributed by atoms with Gasteiger partial charge in [0.25, 0.3) is 0 Å². The lowest BCUT2D eigenvalue weighted by Crippen LogP contribution is -2.41. The Morgan fingerprint density at radius 1 is 1.40 bits per heavy atom. The van der Waals surface area contributed by atoms with E-state index in [-0.39, 0.29) is 23.9 Å². The third-order valence-corrected chi connectivity index (χ3v) is 5.87. The molecule has 0 spiro atoms. The standard InChI is InChI=1S/C22H32O3/c1-14(2)7-6-8-15(3)19-11-9-16(4)20-12-10-18(13-23)21(19)22(20)25-17(5)24/h7,10,13,15,19-22H,4,6,8-9,11-12H2,1-3,5H3/t15-,19+,20+,21-,22-/m0/s1. The normalized spacial score (nSPS) is 29.9. The van der Waals surface area contributed by atoms with Gasteiger partial charge in [0.05, 0.1) is 0 Å². The summed E-state index contributed by atoms with van der Waals surface area (Å²) in [7, 11) is 0. The van der Waals surface area contributed by atoms with Gasteiger partial charge in [-0.15, -0.1) is 0 Å². The molecule has 0 aromatic carbocycles. The quantitative estimate of drug-likeness (QED) is 0.386. The molecule has 0 radical (unpaired) electrons. The van der Waals surface area contributed by atoms with Crippen molar-refractivity contribution in [3.63, 3.8) is 0 Å². The second-order valence-electron chi connectivity index (χ2n) is 7.96. The molecule has 2 aliphatic rings. The summed E-state index contributed by atoms with van der Waals surface area (Å²) >= 11 is 0. The summed E-state index contributed by atoms with van der Waals surface area (Å²) < 4.78 is 5.75. The Morgan fingerprint density at radius 2 is 2.12 bits per heavy atom. The van der Waals surface area contributed by atoms with E-state index in [0.29, 0.717) is 11.8 Å². The molecule has 0 unspecified atom stereocenters. The lowest BCUT2D eigenvalue weighted by atomic mass is 9.68. The van der Waals surface area contributed by atoms with Gasteiger partial charge in [0, 0.05) is 18.8 Å². The summed E-state index contributed by atoms with van der Waals surface area (Å²) in [4.78, 5) is 23.4. The van der Waals surface area contributed by atoms with Crippen LogP contribution in [0.2, 0.25) is 0 Å². The molecule has 138 valence electrons. The number of carbonyl (C=O) groups is 2. The van der Waals surface area contributed by atoms with Gasteiger partial charge >= 0.3 is 5.97 Å². The van der Waals surface area contributed by atoms with Crippen molar-refractivity contribution in [2.75, 3.05) is 0 Å². The lowest BCUT2D eigenvalue weighted by Gasteiger charge is -2.40. The zero-order valence-electron chi connectivity index (χ0n) is 16.1. The minimum absolute atomic E-state index is 0.00102. The molecular formula is C22H32O3. The summed E-state index contributed by atoms with van der Waals surface area (Å²) in [5.41, 5.74) is 3.32. The number of esters is 1. The van der Waals surface area contributed by atoms with Crippen molar-refractivity contribution in [1.29, 1.82) is 0 Å². The fraction of sp³-hybridized carbons (Fsp3) is 0.636. The minimum Gasteiger partial charge on any atom is -0.461 e. The van der Waals surface area contributed by atoms with Crippen LogP contribution in [0.4, 0.5) is 0 Å². The van der Waals surface area contributed by atoms with Gasteiger partial charge in [0.2, 0.25) is 0 Å². The highest BCUT2D eigenvalue weighted by Crippen LogP contribution is 2.47. The van der Waals surface area contributed by atoms with Gasteiger partial charge in [-0.2, -0.15) is 0 Å². The summed E-state index contributed by atoms with van der Waals surface area (Å²) in [6.07, 6.45) is 9.91. The van der Waals surface area contributed by atoms with Crippen molar-refractivity contribution in [2.45, 2.75) is 65.9 Å². The van der Waals surface area contributed by atoms with Crippen molar-refractivity contribution < 1.29 is 14.3 Å². The van der Waals surface area contributed by atoms with Gasteiger partial charge in [0.15, 0.2) is 0 Å². The van der Waals surface area contributed by atoms with E-state index in [4.69, 9.17) is 4.74 Å². The molecule has 2 aliphatic carbocycles. The first-order valence-corrected chi connectivity index (χ1v) is 9.48. The van der Waals surface area contributed by atoms with Crippen LogP contribution in [-0.4, -0.2) is 18.4 Å². The van der Waals surface area contributed by atoms with Gasteiger partial charge < -0.3 is 4.74 Å². The largest absolute Gasteiger partial charge is 0.461 e. The number of hydrogen-bond acceptors (Lipinski definition) is 3. The zero-order chi connectivity index (χ0) is 18.6. The average molecular weight is 344 g/mol. The first-order valence-electron chi connectivity index (χ1n) is 9.48. The Hall–Kier alpha value is -1.64. The van der Waals surface area contributed by atoms with E-state index >= 15 is 0 Å². The molecule has 0 aromatic heterocycles. The van der Waals surface area contributed by atoms with E-state index in [2.05, 4.69) is 39.5 Å². The number of allylic oxidation sites excluding steroid dienone is 3. The minimum atomic E-state index is -0.266. The highest BCUT2D eigenvalue weighted by atomic mass is 16.5. The molecule has 2 bridgehead atoms. The van der Waals surface area contributed by atoms with Crippen LogP contribution in [0.5, 0.6) is 0 Å². The monoisotopic (exact) mass is 344 g/mol. The van der Waals surface area contributed by atoms with Crippen molar-refractivity contribution in [2.24, 2.45) is 23.7 Å². The fourth-order valence-corrected chi connectivity index (χ4v) is 4.54. The first-order chi connectivity index (χ1) is 11.8. The number of ether oxygens (including phenoxy) is 1. The maximum Gasteiger partial charge on any atom is 0.302 e. The fourth-order valence-electron chi connectivity index (χ4n) is 4.54. The second kappa shape index (κ2) is 8.64. The van der Waals surface area contributed by atoms with Gasteiger partial charge in [-0.05, 0) is 63.4 Å². The Morgan fingerprint density at radius 3 is 2.72 bits per heavy atom. The van der Waals surface area contributed by atoms with Crippen LogP contribution in [-0.2, 0) is 14.3 Å². The van der Waals surface area contributed by atoms with Gasteiger partial charge in [-0.1, -0.05) is 36.8 Å². The van der Waals surface area contributed by atoms with Crippen LogP contribution in [0.3, 0.4) is 0 Å². The third kappa shape index (κ3) is 4.71. The van der Waals surface area contributed by atoms with Crippen LogP contribution in [0, 0.1) is 23.7 Å². The van der Waals surface area contributed by atoms with E-state index in [0.717, 1.165) is 49.5 Å². The summed E-state index contributed by atoms with van der Waals surface area (Å²) in [5, 5.41) is 0. The van der Waals surface area contributed by atoms with Crippen molar-refractivity contribution in [3.05, 3.63) is 35.5 Å². The first kappa shape index (κ1) is 19.7. The molecule has 0 N–H and O–H groups in total. The Kier molecular flexibility index (Phi) is 6.80. The summed E-state index contributed by atoms with van der Waals surface area (Å²) in [6.45, 7) is 12.2. The molecular weight excluding hydrogens is 312 g/mol. The molecule has 25 heavy (non-hydrogen) atoms. The average Bonchev–Trinajstić information content (AvgIpc) is 2.62. The highest BCUT2D eigenvalue weighted by Gasteiger charge is 2.45. The Bertz CT molecular complexity index is 580. The Labute approximate surface area is 152 Å². The van der Waals surface area contributed by atoms with Gasteiger partial charge in [0.1, 0.15) is 12.4 Å². The molecule has 1 saturated carbocycles. The molecule has 1 fully saturated rings. The maximum absolute atomic E-state index is 11.7. The van der Waals surface area contributed by atoms with Crippen LogP contribution in [0.1, 0.15) is 59.8 Å². The number of carbonyl (C=O) groups excluding carboxylic acids is 2. The molecule has 0 aliphatic heterocycles. The van der Waals surface area contributed by atoms with Crippen molar-refractivity contribution >= 4 is 12.3 Å². The van der Waals surface area contributed by atoms with E-state index < -0.39 is 0 Å². The maximum atomic E-state index is 11.7. The van der Waals surface area contributed by atoms with Crippen LogP contribution in [0.25, 0.3) is 0 Å². The predicted octanol–water partition coefficient (Wildman–Crippen LogP) is 5.03. The van der Waals surface area contributed by atoms with E-state index in [1.807, 2.05) is 0 Å². The molecule has 3 nitrogen and oxygen atoms in total. The molecule has 0 aromatic rings. The van der Waals surface area contributed by atoms with Crippen LogP contribution < -0.4 is 0 Å². The molecule has 2 rings (SSSR count). The Balaban J connectivity index is 2.31. The van der Waals surface area contributed by atoms with Gasteiger partial charge in [-0.25, -0.2) is 0 Å². The summed E-state index contributed by atoms with van der Waals surface area (Å²) in [6, 6.07) is 0. The smallest absolute Gasteiger partial charge is 0.302 e. The van der Waals surface area contributed by atoms with Crippen LogP contribution in [0.15, 0.2) is 35.5 Å². The molecule has 3 heteroatoms. The van der Waals surface area contributed by atoms with E-state index in [1.165, 1.54) is 12.5 Å². The number of rotatable bonds is 6. The second-order valence-corrected chi connectivity index (χ2v) is 7.96. The van der Waals surface area contributed by atoms with Crippen molar-refractivity contribution in [3.8, 4) is 0 Å². The molecule has 5 atom stereocenters. The molecule has 0 amide bonds. The molecule has 0 heterocycles. The molecule has 0 saturated heterocycles. The van der Waals surface area contributed by atoms with Crippen molar-refractivity contribution in [1.82, 2.24) is 0 Å². The summed E-state index contributed by atoms with van der Waals surface area (Å²) in [5.74, 6) is 0.687. The predicted molar refractivity (Wildman–Crippen MR) is 101 cm³/mol. The zero-order valence-corrected chi connectivity index (χ0v) is 16.1. The van der Waals surface area contributed by atoms with E-state index in [9.17, 15) is 9.59 Å². The number of fused-ring (bicyclic) bond motifs is 2. The number of hydrogen-bond donors (Lipinski definition) is 0. The lowest BCUT2D eigenvalue weighted by molar-refractivity contribution is -0.153. The highest BCUT2D eigenvalue weighted by molar-refractivity contribution is 5.75. The third-order valence-electron chi connectivity index (χ3n) is 5.87. The SMILES string of the molecule is C=C1CC[C@H]([C@@H](C)CCC=C(C)C)[C@@H]2C(C=O)=CC[C@H]1[C@@H]2OC(C)=O. The van der Waals surface area contributed by atoms with Gasteiger partial charge in [-0.3, -0.25) is 9.59 Å².